The lowest BCUT2D eigenvalue weighted by Gasteiger charge is -2.22. The van der Waals surface area contributed by atoms with Crippen LogP contribution in [0.2, 0.25) is 0 Å². The second-order valence-corrected chi connectivity index (χ2v) is 3.71. The third kappa shape index (κ3) is 4.81. The Morgan fingerprint density at radius 1 is 1.46 bits per heavy atom. The highest BCUT2D eigenvalue weighted by Gasteiger charge is 2.14. The summed E-state index contributed by atoms with van der Waals surface area (Å²) >= 11 is 5.42. The van der Waals surface area contributed by atoms with Gasteiger partial charge >= 0.3 is 0 Å². The van der Waals surface area contributed by atoms with E-state index in [2.05, 4.69) is 0 Å². The molecule has 3 nitrogen and oxygen atoms in total. The van der Waals surface area contributed by atoms with Gasteiger partial charge in [0.05, 0.1) is 18.6 Å². The molecule has 0 saturated carbocycles. The molecule has 1 saturated heterocycles. The van der Waals surface area contributed by atoms with E-state index in [1.54, 1.807) is 0 Å². The summed E-state index contributed by atoms with van der Waals surface area (Å²) in [5.41, 5.74) is 0. The molecule has 1 aliphatic heterocycles. The lowest BCUT2D eigenvalue weighted by atomic mass is 10.0. The molecule has 13 heavy (non-hydrogen) atoms. The predicted octanol–water partition coefficient (Wildman–Crippen LogP) is 1.03. The zero-order valence-electron chi connectivity index (χ0n) is 7.75. The normalized spacial score (nSPS) is 21.7. The number of hydrogen-bond donors (Lipinski definition) is 1. The third-order valence-corrected chi connectivity index (χ3v) is 2.54. The fourth-order valence-corrected chi connectivity index (χ4v) is 1.42. The average Bonchev–Trinajstić information content (AvgIpc) is 2.19. The van der Waals surface area contributed by atoms with Crippen molar-refractivity contribution in [2.24, 2.45) is 5.92 Å². The molecular weight excluding hydrogens is 192 g/mol. The summed E-state index contributed by atoms with van der Waals surface area (Å²) in [6.07, 6.45) is 1.61. The van der Waals surface area contributed by atoms with Gasteiger partial charge < -0.3 is 14.6 Å². The Balaban J connectivity index is 1.98. The number of aliphatic hydroxyl groups excluding tert-OH is 1. The van der Waals surface area contributed by atoms with Crippen LogP contribution in [0.3, 0.4) is 0 Å². The van der Waals surface area contributed by atoms with E-state index in [0.717, 1.165) is 32.7 Å². The second kappa shape index (κ2) is 6.60. The molecule has 1 atom stereocenters. The van der Waals surface area contributed by atoms with E-state index in [4.69, 9.17) is 26.2 Å². The zero-order valence-corrected chi connectivity index (χ0v) is 8.50. The maximum atomic E-state index is 9.11. The molecule has 0 aliphatic carbocycles. The van der Waals surface area contributed by atoms with Crippen LogP contribution in [0.5, 0.6) is 0 Å². The average molecular weight is 209 g/mol. The monoisotopic (exact) mass is 208 g/mol. The van der Waals surface area contributed by atoms with Crippen molar-refractivity contribution in [1.82, 2.24) is 0 Å². The van der Waals surface area contributed by atoms with Gasteiger partial charge in [0.25, 0.3) is 0 Å². The fraction of sp³-hybridized carbons (Fsp3) is 1.00. The number of aliphatic hydroxyl groups is 1. The van der Waals surface area contributed by atoms with Crippen molar-refractivity contribution in [2.45, 2.75) is 18.9 Å². The summed E-state index contributed by atoms with van der Waals surface area (Å²) in [6, 6.07) is 0. The van der Waals surface area contributed by atoms with Crippen LogP contribution >= 0.6 is 11.6 Å². The highest BCUT2D eigenvalue weighted by Crippen LogP contribution is 2.14. The van der Waals surface area contributed by atoms with Crippen molar-refractivity contribution in [3.05, 3.63) is 0 Å². The summed E-state index contributed by atoms with van der Waals surface area (Å²) in [5.74, 6) is 0.838. The largest absolute Gasteiger partial charge is 0.389 e. The minimum absolute atomic E-state index is 0.244. The fourth-order valence-electron chi connectivity index (χ4n) is 1.33. The van der Waals surface area contributed by atoms with Gasteiger partial charge in [-0.2, -0.15) is 0 Å². The van der Waals surface area contributed by atoms with Crippen LogP contribution < -0.4 is 0 Å². The molecule has 4 heteroatoms. The Hall–Kier alpha value is 0.170. The Morgan fingerprint density at radius 3 is 2.77 bits per heavy atom. The molecule has 0 amide bonds. The molecule has 0 bridgehead atoms. The van der Waals surface area contributed by atoms with Gasteiger partial charge in [-0.3, -0.25) is 0 Å². The Kier molecular flexibility index (Phi) is 5.71. The van der Waals surface area contributed by atoms with Crippen LogP contribution in [0.1, 0.15) is 12.8 Å². The van der Waals surface area contributed by atoms with E-state index in [0.29, 0.717) is 12.5 Å². The maximum Gasteiger partial charge on any atom is 0.0908 e. The van der Waals surface area contributed by atoms with Gasteiger partial charge in [0.1, 0.15) is 0 Å². The third-order valence-electron chi connectivity index (χ3n) is 2.18. The van der Waals surface area contributed by atoms with Crippen LogP contribution in [0.15, 0.2) is 0 Å². The summed E-state index contributed by atoms with van der Waals surface area (Å²) in [6.45, 7) is 2.75. The predicted molar refractivity (Wildman–Crippen MR) is 51.1 cm³/mol. The number of rotatable bonds is 5. The van der Waals surface area contributed by atoms with Gasteiger partial charge in [-0.05, 0) is 18.8 Å². The molecule has 0 aromatic rings. The number of ether oxygens (including phenoxy) is 2. The molecule has 1 fully saturated rings. The van der Waals surface area contributed by atoms with E-state index in [1.807, 2.05) is 0 Å². The quantitative estimate of drug-likeness (QED) is 0.686. The smallest absolute Gasteiger partial charge is 0.0908 e. The molecule has 0 radical (unpaired) electrons. The first-order valence-corrected chi connectivity index (χ1v) is 5.26. The van der Waals surface area contributed by atoms with Gasteiger partial charge in [0.2, 0.25) is 0 Å². The molecule has 0 aromatic carbocycles. The lowest BCUT2D eigenvalue weighted by molar-refractivity contribution is -0.00393. The Labute approximate surface area is 84.0 Å². The van der Waals surface area contributed by atoms with Crippen LogP contribution in [-0.2, 0) is 9.47 Å². The number of halogens is 1. The highest BCUT2D eigenvalue weighted by atomic mass is 35.5. The van der Waals surface area contributed by atoms with Crippen LogP contribution in [0, 0.1) is 5.92 Å². The van der Waals surface area contributed by atoms with E-state index >= 15 is 0 Å². The summed E-state index contributed by atoms with van der Waals surface area (Å²) in [4.78, 5) is 0. The van der Waals surface area contributed by atoms with Crippen molar-refractivity contribution < 1.29 is 14.6 Å². The van der Waals surface area contributed by atoms with Crippen molar-refractivity contribution in [3.63, 3.8) is 0 Å². The van der Waals surface area contributed by atoms with Crippen molar-refractivity contribution >= 4 is 11.6 Å². The minimum atomic E-state index is -0.526. The molecule has 78 valence electrons. The van der Waals surface area contributed by atoms with E-state index in [9.17, 15) is 0 Å². The highest BCUT2D eigenvalue weighted by molar-refractivity contribution is 6.18. The van der Waals surface area contributed by atoms with E-state index in [1.165, 1.54) is 0 Å². The number of hydrogen-bond acceptors (Lipinski definition) is 3. The van der Waals surface area contributed by atoms with Crippen LogP contribution in [0.4, 0.5) is 0 Å². The molecule has 0 aromatic heterocycles. The van der Waals surface area contributed by atoms with Crippen molar-refractivity contribution in [2.75, 3.05) is 32.3 Å². The molecule has 1 aliphatic rings. The molecule has 1 N–H and O–H groups in total. The van der Waals surface area contributed by atoms with E-state index < -0.39 is 6.10 Å². The van der Waals surface area contributed by atoms with Crippen LogP contribution in [0.25, 0.3) is 0 Å². The minimum Gasteiger partial charge on any atom is -0.389 e. The zero-order chi connectivity index (χ0) is 9.52. The van der Waals surface area contributed by atoms with Gasteiger partial charge in [-0.25, -0.2) is 0 Å². The molecule has 1 rings (SSSR count). The second-order valence-electron chi connectivity index (χ2n) is 3.40. The Morgan fingerprint density at radius 2 is 2.15 bits per heavy atom. The number of alkyl halides is 1. The van der Waals surface area contributed by atoms with Gasteiger partial charge in [0, 0.05) is 19.8 Å². The summed E-state index contributed by atoms with van der Waals surface area (Å²) < 4.78 is 10.6. The maximum absolute atomic E-state index is 9.11. The van der Waals surface area contributed by atoms with Gasteiger partial charge in [-0.15, -0.1) is 11.6 Å². The van der Waals surface area contributed by atoms with E-state index in [-0.39, 0.29) is 5.88 Å². The van der Waals surface area contributed by atoms with Gasteiger partial charge in [-0.1, -0.05) is 0 Å². The van der Waals surface area contributed by atoms with Gasteiger partial charge in [0.15, 0.2) is 0 Å². The topological polar surface area (TPSA) is 38.7 Å². The molecule has 0 spiro atoms. The standard InChI is InChI=1S/C9H17ClO3/c10-5-9(11)7-13-6-8-1-3-12-4-2-8/h8-9,11H,1-7H2. The van der Waals surface area contributed by atoms with Crippen LogP contribution in [-0.4, -0.2) is 43.5 Å². The first kappa shape index (κ1) is 11.2. The molecule has 1 heterocycles. The lowest BCUT2D eigenvalue weighted by Crippen LogP contribution is -2.23. The summed E-state index contributed by atoms with van der Waals surface area (Å²) in [5, 5.41) is 9.11. The Bertz CT molecular complexity index is 126. The molecular formula is C9H17ClO3. The summed E-state index contributed by atoms with van der Waals surface area (Å²) in [7, 11) is 0. The van der Waals surface area contributed by atoms with Crippen molar-refractivity contribution in [3.8, 4) is 0 Å². The molecule has 1 unspecified atom stereocenters. The first-order valence-electron chi connectivity index (χ1n) is 4.72. The van der Waals surface area contributed by atoms with Crippen molar-refractivity contribution in [1.29, 1.82) is 0 Å². The first-order chi connectivity index (χ1) is 6.33. The SMILES string of the molecule is OC(CCl)COCC1CCOCC1.